The monoisotopic (exact) mass is 635 g/mol. The highest BCUT2D eigenvalue weighted by molar-refractivity contribution is 7.07. The molecule has 0 amide bonds. The van der Waals surface area contributed by atoms with Crippen molar-refractivity contribution in [2.75, 3.05) is 6.61 Å². The first-order valence-electron chi connectivity index (χ1n) is 13.2. The summed E-state index contributed by atoms with van der Waals surface area (Å²) in [6.07, 6.45) is 3.90. The Balaban J connectivity index is 1.51. The molecule has 6 nitrogen and oxygen atoms in total. The molecule has 1 atom stereocenters. The van der Waals surface area contributed by atoms with E-state index in [-0.39, 0.29) is 12.2 Å². The van der Waals surface area contributed by atoms with Gasteiger partial charge >= 0.3 is 5.97 Å². The highest BCUT2D eigenvalue weighted by atomic mass is 35.5. The lowest BCUT2D eigenvalue weighted by Crippen LogP contribution is -2.39. The van der Waals surface area contributed by atoms with Crippen molar-refractivity contribution in [2.45, 2.75) is 26.4 Å². The normalized spacial score (nSPS) is 15.2. The van der Waals surface area contributed by atoms with Gasteiger partial charge in [0.05, 0.1) is 28.5 Å². The largest absolute Gasteiger partial charge is 0.463 e. The third-order valence-electron chi connectivity index (χ3n) is 7.16. The van der Waals surface area contributed by atoms with Crippen LogP contribution in [0.2, 0.25) is 15.1 Å². The molecule has 1 unspecified atom stereocenters. The Morgan fingerprint density at radius 3 is 2.52 bits per heavy atom. The minimum atomic E-state index is -0.701. The second-order valence-electron chi connectivity index (χ2n) is 9.82. The van der Waals surface area contributed by atoms with Gasteiger partial charge in [0.25, 0.3) is 5.56 Å². The fraction of sp³-hybridized carbons (Fsp3) is 0.156. The van der Waals surface area contributed by atoms with Gasteiger partial charge in [-0.25, -0.2) is 9.79 Å². The number of esters is 1. The first-order chi connectivity index (χ1) is 20.2. The van der Waals surface area contributed by atoms with E-state index in [1.54, 1.807) is 36.6 Å². The number of ether oxygens (including phenoxy) is 1. The summed E-state index contributed by atoms with van der Waals surface area (Å²) >= 11 is 20.0. The Hall–Kier alpha value is -3.62. The van der Waals surface area contributed by atoms with Crippen LogP contribution in [-0.2, 0) is 16.1 Å². The van der Waals surface area contributed by atoms with Crippen molar-refractivity contribution in [1.29, 1.82) is 0 Å². The number of halogens is 3. The second kappa shape index (κ2) is 11.6. The van der Waals surface area contributed by atoms with Crippen molar-refractivity contribution in [1.82, 2.24) is 9.13 Å². The van der Waals surface area contributed by atoms with Gasteiger partial charge in [-0.15, -0.1) is 0 Å². The quantitative estimate of drug-likeness (QED) is 0.194. The molecule has 3 aromatic carbocycles. The molecule has 6 rings (SSSR count). The van der Waals surface area contributed by atoms with E-state index in [1.165, 1.54) is 11.3 Å². The SMILES string of the molecule is CCOC(=O)C1=C(C)N=c2s/c(=C/c3cn(Cc4ccc(Cl)cc4Cl)c4ccccc34)c(=O)n2C1c1ccc(Cl)cc1. The van der Waals surface area contributed by atoms with Gasteiger partial charge in [-0.1, -0.05) is 82.5 Å². The summed E-state index contributed by atoms with van der Waals surface area (Å²) in [6, 6.07) is 19.9. The molecule has 5 aromatic rings. The van der Waals surface area contributed by atoms with E-state index < -0.39 is 12.0 Å². The minimum absolute atomic E-state index is 0.207. The van der Waals surface area contributed by atoms with Gasteiger partial charge in [0, 0.05) is 44.3 Å². The van der Waals surface area contributed by atoms with Crippen LogP contribution < -0.4 is 14.9 Å². The Kier molecular flexibility index (Phi) is 7.85. The smallest absolute Gasteiger partial charge is 0.338 e. The minimum Gasteiger partial charge on any atom is -0.463 e. The van der Waals surface area contributed by atoms with Crippen LogP contribution in [0, 0.1) is 0 Å². The van der Waals surface area contributed by atoms with Gasteiger partial charge in [0.15, 0.2) is 4.80 Å². The summed E-state index contributed by atoms with van der Waals surface area (Å²) in [6.45, 7) is 4.25. The van der Waals surface area contributed by atoms with Crippen LogP contribution in [0.3, 0.4) is 0 Å². The Bertz CT molecular complexity index is 2070. The van der Waals surface area contributed by atoms with E-state index in [4.69, 9.17) is 39.5 Å². The molecule has 2 aromatic heterocycles. The zero-order valence-corrected chi connectivity index (χ0v) is 25.7. The lowest BCUT2D eigenvalue weighted by Gasteiger charge is -2.24. The van der Waals surface area contributed by atoms with Crippen LogP contribution >= 0.6 is 46.1 Å². The van der Waals surface area contributed by atoms with E-state index in [9.17, 15) is 9.59 Å². The summed E-state index contributed by atoms with van der Waals surface area (Å²) in [5, 5.41) is 2.72. The van der Waals surface area contributed by atoms with E-state index in [2.05, 4.69) is 9.56 Å². The highest BCUT2D eigenvalue weighted by Gasteiger charge is 2.33. The second-order valence-corrected chi connectivity index (χ2v) is 12.1. The predicted molar refractivity (Wildman–Crippen MR) is 169 cm³/mol. The van der Waals surface area contributed by atoms with Crippen LogP contribution in [-0.4, -0.2) is 21.7 Å². The van der Waals surface area contributed by atoms with Gasteiger partial charge in [-0.05, 0) is 61.4 Å². The molecule has 0 N–H and O–H groups in total. The average Bonchev–Trinajstić information content (AvgIpc) is 3.46. The van der Waals surface area contributed by atoms with Crippen LogP contribution in [0.5, 0.6) is 0 Å². The van der Waals surface area contributed by atoms with Gasteiger partial charge < -0.3 is 9.30 Å². The van der Waals surface area contributed by atoms with Crippen molar-refractivity contribution in [3.05, 3.63) is 136 Å². The van der Waals surface area contributed by atoms with Gasteiger partial charge in [-0.3, -0.25) is 9.36 Å². The number of fused-ring (bicyclic) bond motifs is 2. The van der Waals surface area contributed by atoms with Crippen molar-refractivity contribution in [3.63, 3.8) is 0 Å². The molecule has 0 fully saturated rings. The molecule has 3 heterocycles. The van der Waals surface area contributed by atoms with Crippen molar-refractivity contribution < 1.29 is 9.53 Å². The first-order valence-corrected chi connectivity index (χ1v) is 15.2. The summed E-state index contributed by atoms with van der Waals surface area (Å²) in [7, 11) is 0. The number of hydrogen-bond donors (Lipinski definition) is 0. The van der Waals surface area contributed by atoms with Gasteiger partial charge in [0.1, 0.15) is 0 Å². The number of aromatic nitrogens is 2. The summed E-state index contributed by atoms with van der Waals surface area (Å²) in [5.41, 5.74) is 4.14. The van der Waals surface area contributed by atoms with Crippen LogP contribution in [0.25, 0.3) is 17.0 Å². The Labute approximate surface area is 260 Å². The molecule has 0 bridgehead atoms. The molecule has 42 heavy (non-hydrogen) atoms. The number of benzene rings is 3. The standard InChI is InChI=1S/C32H24Cl3N3O3S/c1-3-41-31(40)28-18(2)36-32-38(29(28)19-8-11-22(33)12-9-19)30(39)27(42-32)14-21-17-37(26-7-5-4-6-24(21)26)16-20-10-13-23(34)15-25(20)35/h4-15,17,29H,3,16H2,1-2H3/b27-14+. The molecule has 1 aliphatic heterocycles. The lowest BCUT2D eigenvalue weighted by atomic mass is 9.96. The Morgan fingerprint density at radius 2 is 1.79 bits per heavy atom. The maximum Gasteiger partial charge on any atom is 0.338 e. The lowest BCUT2D eigenvalue weighted by molar-refractivity contribution is -0.139. The number of carbonyl (C=O) groups excluding carboxylic acids is 1. The summed E-state index contributed by atoms with van der Waals surface area (Å²) < 4.78 is 9.55. The molecular weight excluding hydrogens is 613 g/mol. The van der Waals surface area contributed by atoms with Crippen LogP contribution in [0.4, 0.5) is 0 Å². The summed E-state index contributed by atoms with van der Waals surface area (Å²) in [4.78, 5) is 32.3. The number of hydrogen-bond acceptors (Lipinski definition) is 5. The van der Waals surface area contributed by atoms with Gasteiger partial charge in [0.2, 0.25) is 0 Å². The molecule has 0 saturated carbocycles. The fourth-order valence-corrected chi connectivity index (χ4v) is 6.88. The van der Waals surface area contributed by atoms with E-state index in [1.807, 2.05) is 60.8 Å². The number of nitrogens with zero attached hydrogens (tertiary/aromatic N) is 3. The maximum absolute atomic E-state index is 14.1. The molecule has 0 aliphatic carbocycles. The number of allylic oxidation sites excluding steroid dienone is 1. The fourth-order valence-electron chi connectivity index (χ4n) is 5.25. The molecule has 1 aliphatic rings. The molecule has 0 spiro atoms. The zero-order chi connectivity index (χ0) is 29.5. The average molecular weight is 637 g/mol. The van der Waals surface area contributed by atoms with Crippen LogP contribution in [0.1, 0.15) is 36.6 Å². The van der Waals surface area contributed by atoms with Crippen molar-refractivity contribution in [2.24, 2.45) is 4.99 Å². The molecule has 0 saturated heterocycles. The third-order valence-corrected chi connectivity index (χ3v) is 8.99. The van der Waals surface area contributed by atoms with Crippen molar-refractivity contribution in [3.8, 4) is 0 Å². The zero-order valence-electron chi connectivity index (χ0n) is 22.6. The van der Waals surface area contributed by atoms with Gasteiger partial charge in [-0.2, -0.15) is 0 Å². The topological polar surface area (TPSA) is 65.6 Å². The first kappa shape index (κ1) is 28.5. The highest BCUT2D eigenvalue weighted by Crippen LogP contribution is 2.32. The Morgan fingerprint density at radius 1 is 1.05 bits per heavy atom. The molecule has 0 radical (unpaired) electrons. The number of para-hydroxylation sites is 1. The van der Waals surface area contributed by atoms with Crippen molar-refractivity contribution >= 4 is 69.1 Å². The summed E-state index contributed by atoms with van der Waals surface area (Å²) in [5.74, 6) is -0.503. The van der Waals surface area contributed by atoms with E-state index in [0.717, 1.165) is 27.6 Å². The van der Waals surface area contributed by atoms with Crippen LogP contribution in [0.15, 0.2) is 94.0 Å². The van der Waals surface area contributed by atoms with E-state index in [0.29, 0.717) is 42.2 Å². The maximum atomic E-state index is 14.1. The number of rotatable bonds is 6. The number of carbonyl (C=O) groups is 1. The molecule has 212 valence electrons. The molecular formula is C32H24Cl3N3O3S. The van der Waals surface area contributed by atoms with E-state index >= 15 is 0 Å². The number of thiazole rings is 1. The third kappa shape index (κ3) is 5.22. The molecule has 10 heteroatoms. The predicted octanol–water partition coefficient (Wildman–Crippen LogP) is 6.76.